The van der Waals surface area contributed by atoms with E-state index in [1.165, 1.54) is 0 Å². The molecule has 1 aromatic rings. The maximum atomic E-state index is 11.5. The van der Waals surface area contributed by atoms with E-state index in [-0.39, 0.29) is 5.91 Å². The maximum absolute atomic E-state index is 11.5. The molecule has 1 aliphatic heterocycles. The fraction of sp³-hybridized carbons (Fsp3) is 0.364. The summed E-state index contributed by atoms with van der Waals surface area (Å²) in [4.78, 5) is 13.3. The lowest BCUT2D eigenvalue weighted by Crippen LogP contribution is -2.24. The van der Waals surface area contributed by atoms with Crippen molar-refractivity contribution in [2.75, 3.05) is 11.4 Å². The number of nitrogens with zero attached hydrogens (tertiary/aromatic N) is 1. The van der Waals surface area contributed by atoms with Crippen molar-refractivity contribution in [3.63, 3.8) is 0 Å². The highest BCUT2D eigenvalue weighted by molar-refractivity contribution is 6.34. The van der Waals surface area contributed by atoms with Crippen LogP contribution in [-0.2, 0) is 4.79 Å². The Morgan fingerprint density at radius 2 is 2.21 bits per heavy atom. The quantitative estimate of drug-likeness (QED) is 0.697. The molecular formula is C11H12ClNO. The molecule has 1 heterocycles. The lowest BCUT2D eigenvalue weighted by molar-refractivity contribution is -0.117. The molecule has 3 heteroatoms. The van der Waals surface area contributed by atoms with E-state index in [2.05, 4.69) is 0 Å². The Balaban J connectivity index is 2.44. The second kappa shape index (κ2) is 3.62. The van der Waals surface area contributed by atoms with Gasteiger partial charge >= 0.3 is 0 Å². The highest BCUT2D eigenvalue weighted by Crippen LogP contribution is 2.32. The van der Waals surface area contributed by atoms with E-state index in [0.29, 0.717) is 11.4 Å². The Morgan fingerprint density at radius 1 is 1.43 bits per heavy atom. The predicted molar refractivity (Wildman–Crippen MR) is 57.8 cm³/mol. The largest absolute Gasteiger partial charge is 0.311 e. The van der Waals surface area contributed by atoms with Gasteiger partial charge in [0.15, 0.2) is 0 Å². The van der Waals surface area contributed by atoms with Crippen molar-refractivity contribution in [2.45, 2.75) is 19.8 Å². The first-order valence-corrected chi connectivity index (χ1v) is 5.13. The van der Waals surface area contributed by atoms with Crippen LogP contribution in [0.5, 0.6) is 0 Å². The van der Waals surface area contributed by atoms with E-state index in [9.17, 15) is 4.79 Å². The number of amides is 1. The van der Waals surface area contributed by atoms with Crippen LogP contribution >= 0.6 is 11.6 Å². The number of benzene rings is 1. The number of para-hydroxylation sites is 1. The summed E-state index contributed by atoms with van der Waals surface area (Å²) in [7, 11) is 0. The third-order valence-electron chi connectivity index (χ3n) is 2.53. The lowest BCUT2D eigenvalue weighted by atomic mass is 10.2. The second-order valence-electron chi connectivity index (χ2n) is 3.55. The maximum Gasteiger partial charge on any atom is 0.227 e. The molecule has 0 saturated carbocycles. The van der Waals surface area contributed by atoms with Gasteiger partial charge in [-0.3, -0.25) is 4.79 Å². The average Bonchev–Trinajstić information content (AvgIpc) is 2.52. The van der Waals surface area contributed by atoms with Crippen LogP contribution in [0.2, 0.25) is 5.02 Å². The molecule has 1 amide bonds. The first kappa shape index (κ1) is 9.53. The average molecular weight is 210 g/mol. The van der Waals surface area contributed by atoms with E-state index < -0.39 is 0 Å². The van der Waals surface area contributed by atoms with Crippen molar-refractivity contribution >= 4 is 23.2 Å². The molecule has 1 aliphatic rings. The Labute approximate surface area is 88.5 Å². The lowest BCUT2D eigenvalue weighted by Gasteiger charge is -2.19. The number of hydrogen-bond acceptors (Lipinski definition) is 1. The summed E-state index contributed by atoms with van der Waals surface area (Å²) in [5, 5.41) is 0.667. The summed E-state index contributed by atoms with van der Waals surface area (Å²) in [5.41, 5.74) is 1.95. The normalized spacial score (nSPS) is 16.4. The van der Waals surface area contributed by atoms with E-state index in [0.717, 1.165) is 24.2 Å². The zero-order valence-corrected chi connectivity index (χ0v) is 8.84. The van der Waals surface area contributed by atoms with Gasteiger partial charge in [-0.05, 0) is 25.0 Å². The molecule has 0 spiro atoms. The summed E-state index contributed by atoms with van der Waals surface area (Å²) in [6.07, 6.45) is 1.58. The van der Waals surface area contributed by atoms with Gasteiger partial charge in [0.1, 0.15) is 0 Å². The van der Waals surface area contributed by atoms with Crippen LogP contribution < -0.4 is 4.90 Å². The minimum atomic E-state index is 0.182. The number of halogens is 1. The minimum absolute atomic E-state index is 0.182. The third kappa shape index (κ3) is 1.50. The van der Waals surface area contributed by atoms with Crippen LogP contribution in [-0.4, -0.2) is 12.5 Å². The summed E-state index contributed by atoms with van der Waals surface area (Å²) in [6, 6.07) is 5.71. The Bertz CT molecular complexity index is 355. The van der Waals surface area contributed by atoms with E-state index in [1.54, 1.807) is 4.90 Å². The molecule has 1 aromatic carbocycles. The molecule has 0 aliphatic carbocycles. The van der Waals surface area contributed by atoms with E-state index >= 15 is 0 Å². The number of aryl methyl sites for hydroxylation is 1. The molecule has 0 bridgehead atoms. The number of carbonyl (C=O) groups excluding carboxylic acids is 1. The standard InChI is InChI=1S/C11H12ClNO/c1-8-4-2-5-9(12)11(8)13-7-3-6-10(13)14/h2,4-5H,3,6-7H2,1H3. The first-order chi connectivity index (χ1) is 6.70. The van der Waals surface area contributed by atoms with Gasteiger partial charge in [-0.25, -0.2) is 0 Å². The molecule has 0 aromatic heterocycles. The van der Waals surface area contributed by atoms with Gasteiger partial charge in [0, 0.05) is 13.0 Å². The summed E-state index contributed by atoms with van der Waals surface area (Å²) in [5.74, 6) is 0.182. The van der Waals surface area contributed by atoms with Gasteiger partial charge in [-0.2, -0.15) is 0 Å². The van der Waals surface area contributed by atoms with Crippen LogP contribution in [0, 0.1) is 6.92 Å². The van der Waals surface area contributed by atoms with Gasteiger partial charge in [-0.15, -0.1) is 0 Å². The molecular weight excluding hydrogens is 198 g/mol. The number of hydrogen-bond donors (Lipinski definition) is 0. The smallest absolute Gasteiger partial charge is 0.227 e. The van der Waals surface area contributed by atoms with Gasteiger partial charge in [-0.1, -0.05) is 23.7 Å². The zero-order valence-electron chi connectivity index (χ0n) is 8.09. The fourth-order valence-corrected chi connectivity index (χ4v) is 2.17. The van der Waals surface area contributed by atoms with Gasteiger partial charge in [0.25, 0.3) is 0 Å². The molecule has 1 saturated heterocycles. The van der Waals surface area contributed by atoms with Crippen molar-refractivity contribution < 1.29 is 4.79 Å². The van der Waals surface area contributed by atoms with Crippen LogP contribution in [0.4, 0.5) is 5.69 Å². The van der Waals surface area contributed by atoms with Crippen molar-refractivity contribution in [3.8, 4) is 0 Å². The number of carbonyl (C=O) groups is 1. The van der Waals surface area contributed by atoms with Gasteiger partial charge in [0.05, 0.1) is 10.7 Å². The van der Waals surface area contributed by atoms with Crippen molar-refractivity contribution in [2.24, 2.45) is 0 Å². The topological polar surface area (TPSA) is 20.3 Å². The van der Waals surface area contributed by atoms with Crippen LogP contribution in [0.3, 0.4) is 0 Å². The molecule has 0 unspecified atom stereocenters. The number of rotatable bonds is 1. The van der Waals surface area contributed by atoms with E-state index in [1.807, 2.05) is 25.1 Å². The monoisotopic (exact) mass is 209 g/mol. The number of anilines is 1. The second-order valence-corrected chi connectivity index (χ2v) is 3.96. The van der Waals surface area contributed by atoms with Crippen molar-refractivity contribution in [1.82, 2.24) is 0 Å². The third-order valence-corrected chi connectivity index (χ3v) is 2.84. The molecule has 2 nitrogen and oxygen atoms in total. The Hall–Kier alpha value is -1.02. The first-order valence-electron chi connectivity index (χ1n) is 4.75. The fourth-order valence-electron chi connectivity index (χ4n) is 1.85. The molecule has 14 heavy (non-hydrogen) atoms. The summed E-state index contributed by atoms with van der Waals surface area (Å²) >= 11 is 6.08. The van der Waals surface area contributed by atoms with Crippen LogP contribution in [0.15, 0.2) is 18.2 Å². The molecule has 1 fully saturated rings. The Kier molecular flexibility index (Phi) is 2.46. The molecule has 0 atom stereocenters. The highest BCUT2D eigenvalue weighted by Gasteiger charge is 2.24. The predicted octanol–water partition coefficient (Wildman–Crippen LogP) is 2.78. The highest BCUT2D eigenvalue weighted by atomic mass is 35.5. The van der Waals surface area contributed by atoms with Crippen molar-refractivity contribution in [1.29, 1.82) is 0 Å². The van der Waals surface area contributed by atoms with Gasteiger partial charge in [0.2, 0.25) is 5.91 Å². The molecule has 74 valence electrons. The zero-order chi connectivity index (χ0) is 10.1. The SMILES string of the molecule is Cc1cccc(Cl)c1N1CCCC1=O. The molecule has 2 rings (SSSR count). The molecule has 0 radical (unpaired) electrons. The van der Waals surface area contributed by atoms with Crippen LogP contribution in [0.1, 0.15) is 18.4 Å². The van der Waals surface area contributed by atoms with Crippen LogP contribution in [0.25, 0.3) is 0 Å². The van der Waals surface area contributed by atoms with Crippen molar-refractivity contribution in [3.05, 3.63) is 28.8 Å². The summed E-state index contributed by atoms with van der Waals surface area (Å²) < 4.78 is 0. The molecule has 0 N–H and O–H groups in total. The minimum Gasteiger partial charge on any atom is -0.311 e. The summed E-state index contributed by atoms with van der Waals surface area (Å²) in [6.45, 7) is 2.77. The van der Waals surface area contributed by atoms with Gasteiger partial charge < -0.3 is 4.90 Å². The van der Waals surface area contributed by atoms with E-state index in [4.69, 9.17) is 11.6 Å². The Morgan fingerprint density at radius 3 is 2.79 bits per heavy atom.